The molecule has 0 amide bonds. The fraction of sp³-hybridized carbons (Fsp3) is 0.188. The number of aromatic nitrogens is 2. The molecule has 0 bridgehead atoms. The summed E-state index contributed by atoms with van der Waals surface area (Å²) in [4.78, 5) is 7.87. The van der Waals surface area contributed by atoms with Crippen molar-refractivity contribution < 1.29 is 4.74 Å². The predicted molar refractivity (Wildman–Crippen MR) is 81.7 cm³/mol. The van der Waals surface area contributed by atoms with E-state index < -0.39 is 0 Å². The van der Waals surface area contributed by atoms with Gasteiger partial charge in [-0.2, -0.15) is 0 Å². The molecule has 0 unspecified atom stereocenters. The molecule has 1 aromatic heterocycles. The first kappa shape index (κ1) is 12.5. The molecule has 0 fully saturated rings. The number of nitrogens with two attached hydrogens (primary N) is 1. The van der Waals surface area contributed by atoms with Crippen molar-refractivity contribution in [2.45, 2.75) is 13.3 Å². The van der Waals surface area contributed by atoms with Gasteiger partial charge >= 0.3 is 0 Å². The molecule has 0 aliphatic heterocycles. The molecule has 4 heteroatoms. The number of ether oxygens (including phenoxy) is 1. The summed E-state index contributed by atoms with van der Waals surface area (Å²) < 4.78 is 5.65. The number of nitrogens with one attached hydrogen (secondary N) is 1. The second kappa shape index (κ2) is 5.25. The van der Waals surface area contributed by atoms with Crippen LogP contribution in [-0.4, -0.2) is 16.6 Å². The summed E-state index contributed by atoms with van der Waals surface area (Å²) >= 11 is 0. The van der Waals surface area contributed by atoms with E-state index in [2.05, 4.69) is 16.9 Å². The van der Waals surface area contributed by atoms with Gasteiger partial charge in [-0.1, -0.05) is 19.1 Å². The van der Waals surface area contributed by atoms with Crippen molar-refractivity contribution in [2.75, 3.05) is 12.3 Å². The smallest absolute Gasteiger partial charge is 0.138 e. The third-order valence-electron chi connectivity index (χ3n) is 3.09. The molecule has 0 saturated heterocycles. The minimum Gasteiger partial charge on any atom is -0.494 e. The number of nitrogens with zero attached hydrogens (tertiary/aromatic N) is 1. The normalized spacial score (nSPS) is 10.8. The highest BCUT2D eigenvalue weighted by Gasteiger charge is 2.06. The van der Waals surface area contributed by atoms with Gasteiger partial charge in [0.05, 0.1) is 17.6 Å². The molecule has 1 heterocycles. The van der Waals surface area contributed by atoms with Gasteiger partial charge < -0.3 is 15.5 Å². The van der Waals surface area contributed by atoms with Crippen LogP contribution in [0.4, 0.5) is 5.69 Å². The maximum atomic E-state index is 5.78. The molecule has 0 atom stereocenters. The molecule has 0 spiro atoms. The van der Waals surface area contributed by atoms with E-state index in [1.807, 2.05) is 42.5 Å². The first-order valence-electron chi connectivity index (χ1n) is 6.75. The van der Waals surface area contributed by atoms with Crippen LogP contribution in [0.3, 0.4) is 0 Å². The minimum absolute atomic E-state index is 0.722. The highest BCUT2D eigenvalue weighted by molar-refractivity contribution is 5.82. The summed E-state index contributed by atoms with van der Waals surface area (Å²) in [6.07, 6.45) is 0.994. The number of hydrogen-bond donors (Lipinski definition) is 2. The fourth-order valence-electron chi connectivity index (χ4n) is 2.12. The summed E-state index contributed by atoms with van der Waals surface area (Å²) in [6, 6.07) is 13.6. The van der Waals surface area contributed by atoms with E-state index in [-0.39, 0.29) is 0 Å². The number of benzene rings is 2. The number of aromatic amines is 1. The van der Waals surface area contributed by atoms with E-state index in [0.717, 1.165) is 46.9 Å². The lowest BCUT2D eigenvalue weighted by molar-refractivity contribution is 0.317. The minimum atomic E-state index is 0.722. The second-order valence-corrected chi connectivity index (χ2v) is 4.74. The molecule has 0 aliphatic rings. The molecular weight excluding hydrogens is 250 g/mol. The Labute approximate surface area is 117 Å². The van der Waals surface area contributed by atoms with Crippen LogP contribution < -0.4 is 10.5 Å². The summed E-state index contributed by atoms with van der Waals surface area (Å²) in [5.74, 6) is 1.69. The summed E-state index contributed by atoms with van der Waals surface area (Å²) in [6.45, 7) is 2.81. The summed E-state index contributed by atoms with van der Waals surface area (Å²) in [7, 11) is 0. The van der Waals surface area contributed by atoms with Crippen molar-refractivity contribution in [1.29, 1.82) is 0 Å². The number of hydrogen-bond acceptors (Lipinski definition) is 3. The van der Waals surface area contributed by atoms with Gasteiger partial charge in [0.25, 0.3) is 0 Å². The van der Waals surface area contributed by atoms with Gasteiger partial charge in [0.1, 0.15) is 11.6 Å². The van der Waals surface area contributed by atoms with E-state index in [9.17, 15) is 0 Å². The molecule has 3 aromatic rings. The van der Waals surface area contributed by atoms with Gasteiger partial charge in [-0.25, -0.2) is 4.98 Å². The van der Waals surface area contributed by atoms with E-state index in [1.54, 1.807) is 0 Å². The molecule has 0 radical (unpaired) electrons. The molecule has 4 nitrogen and oxygen atoms in total. The topological polar surface area (TPSA) is 63.9 Å². The number of rotatable bonds is 4. The van der Waals surface area contributed by atoms with Gasteiger partial charge in [-0.05, 0) is 36.8 Å². The van der Waals surface area contributed by atoms with Crippen LogP contribution >= 0.6 is 0 Å². The number of nitrogen functional groups attached to an aromatic ring is 1. The van der Waals surface area contributed by atoms with Crippen LogP contribution in [-0.2, 0) is 0 Å². The first-order chi connectivity index (χ1) is 9.76. The van der Waals surface area contributed by atoms with E-state index in [4.69, 9.17) is 10.5 Å². The third-order valence-corrected chi connectivity index (χ3v) is 3.09. The van der Waals surface area contributed by atoms with Crippen LogP contribution in [0.25, 0.3) is 22.4 Å². The molecule has 3 rings (SSSR count). The third kappa shape index (κ3) is 2.45. The predicted octanol–water partition coefficient (Wildman–Crippen LogP) is 3.60. The monoisotopic (exact) mass is 267 g/mol. The molecular formula is C16H17N3O. The Morgan fingerprint density at radius 3 is 2.95 bits per heavy atom. The fourth-order valence-corrected chi connectivity index (χ4v) is 2.12. The molecule has 3 N–H and O–H groups in total. The van der Waals surface area contributed by atoms with Crippen LogP contribution in [0.15, 0.2) is 42.5 Å². The molecule has 0 saturated carbocycles. The van der Waals surface area contributed by atoms with Crippen molar-refractivity contribution in [3.8, 4) is 17.1 Å². The Morgan fingerprint density at radius 2 is 2.10 bits per heavy atom. The van der Waals surface area contributed by atoms with Crippen molar-refractivity contribution in [2.24, 2.45) is 0 Å². The quantitative estimate of drug-likeness (QED) is 0.710. The van der Waals surface area contributed by atoms with Crippen LogP contribution in [0.5, 0.6) is 5.75 Å². The first-order valence-corrected chi connectivity index (χ1v) is 6.75. The Kier molecular flexibility index (Phi) is 3.29. The largest absolute Gasteiger partial charge is 0.494 e. The average Bonchev–Trinajstić information content (AvgIpc) is 2.88. The van der Waals surface area contributed by atoms with Gasteiger partial charge in [0.15, 0.2) is 0 Å². The summed E-state index contributed by atoms with van der Waals surface area (Å²) in [5, 5.41) is 0. The Morgan fingerprint density at radius 1 is 1.20 bits per heavy atom. The van der Waals surface area contributed by atoms with E-state index >= 15 is 0 Å². The molecule has 0 aliphatic carbocycles. The van der Waals surface area contributed by atoms with Gasteiger partial charge in [-0.3, -0.25) is 0 Å². The number of fused-ring (bicyclic) bond motifs is 1. The van der Waals surface area contributed by atoms with Gasteiger partial charge in [-0.15, -0.1) is 0 Å². The Bertz CT molecular complexity index is 733. The van der Waals surface area contributed by atoms with Crippen LogP contribution in [0.1, 0.15) is 13.3 Å². The summed E-state index contributed by atoms with van der Waals surface area (Å²) in [5.41, 5.74) is 9.38. The van der Waals surface area contributed by atoms with Crippen molar-refractivity contribution in [1.82, 2.24) is 9.97 Å². The van der Waals surface area contributed by atoms with Crippen molar-refractivity contribution in [3.05, 3.63) is 42.5 Å². The van der Waals surface area contributed by atoms with Crippen LogP contribution in [0, 0.1) is 0 Å². The lowest BCUT2D eigenvalue weighted by atomic mass is 10.2. The number of H-pyrrole nitrogens is 1. The molecule has 102 valence electrons. The molecule has 20 heavy (non-hydrogen) atoms. The highest BCUT2D eigenvalue weighted by atomic mass is 16.5. The standard InChI is InChI=1S/C16H17N3O/c1-2-8-20-13-5-3-4-11(9-13)16-18-14-7-6-12(17)10-15(14)19-16/h3-7,9-10H,2,8,17H2,1H3,(H,18,19). The SMILES string of the molecule is CCCOc1cccc(-c2nc3ccc(N)cc3[nH]2)c1. The van der Waals surface area contributed by atoms with Crippen LogP contribution in [0.2, 0.25) is 0 Å². The van der Waals surface area contributed by atoms with Crippen molar-refractivity contribution in [3.63, 3.8) is 0 Å². The van der Waals surface area contributed by atoms with Crippen molar-refractivity contribution >= 4 is 16.7 Å². The van der Waals surface area contributed by atoms with E-state index in [0.29, 0.717) is 0 Å². The van der Waals surface area contributed by atoms with Gasteiger partial charge in [0.2, 0.25) is 0 Å². The van der Waals surface area contributed by atoms with Gasteiger partial charge in [0, 0.05) is 11.3 Å². The maximum Gasteiger partial charge on any atom is 0.138 e. The second-order valence-electron chi connectivity index (χ2n) is 4.74. The zero-order chi connectivity index (χ0) is 13.9. The van der Waals surface area contributed by atoms with E-state index in [1.165, 1.54) is 0 Å². The number of imidazole rings is 1. The Hall–Kier alpha value is -2.49. The Balaban J connectivity index is 1.97. The lowest BCUT2D eigenvalue weighted by Gasteiger charge is -2.05. The average molecular weight is 267 g/mol. The molecule has 2 aromatic carbocycles. The lowest BCUT2D eigenvalue weighted by Crippen LogP contribution is -1.94. The highest BCUT2D eigenvalue weighted by Crippen LogP contribution is 2.25. The zero-order valence-electron chi connectivity index (χ0n) is 11.4. The number of anilines is 1. The maximum absolute atomic E-state index is 5.78. The zero-order valence-corrected chi connectivity index (χ0v) is 11.4.